The van der Waals surface area contributed by atoms with Crippen LogP contribution in [0.25, 0.3) is 11.1 Å². The lowest BCUT2D eigenvalue weighted by atomic mass is 10.1. The molecule has 3 atom stereocenters. The molecule has 49 heavy (non-hydrogen) atoms. The fourth-order valence-corrected chi connectivity index (χ4v) is 6.42. The summed E-state index contributed by atoms with van der Waals surface area (Å²) in [6, 6.07) is 15.7. The first-order valence-corrected chi connectivity index (χ1v) is 16.9. The zero-order chi connectivity index (χ0) is 34.2. The van der Waals surface area contributed by atoms with Gasteiger partial charge in [-0.25, -0.2) is 9.78 Å². The monoisotopic (exact) mass is 660 g/mol. The number of aromatic nitrogens is 5. The molecular formula is C36H42N11O2+. The number of pyridine rings is 1. The molecule has 0 bridgehead atoms. The molecular weight excluding hydrogens is 618 g/mol. The van der Waals surface area contributed by atoms with Gasteiger partial charge in [0.05, 0.1) is 24.7 Å². The number of aryl methyl sites for hydroxylation is 1. The predicted octanol–water partition coefficient (Wildman–Crippen LogP) is 4.77. The number of carbonyl (C=O) groups excluding carboxylic acids is 2. The number of carbonyl (C=O) groups is 2. The first-order valence-electron chi connectivity index (χ1n) is 16.9. The summed E-state index contributed by atoms with van der Waals surface area (Å²) in [4.78, 5) is 39.0. The Kier molecular flexibility index (Phi) is 10.5. The average molecular weight is 661 g/mol. The Morgan fingerprint density at radius 2 is 1.90 bits per heavy atom. The van der Waals surface area contributed by atoms with Gasteiger partial charge in [-0.2, -0.15) is 19.9 Å². The molecule has 3 unspecified atom stereocenters. The second kappa shape index (κ2) is 15.5. The van der Waals surface area contributed by atoms with Crippen LogP contribution in [-0.2, 0) is 18.4 Å². The summed E-state index contributed by atoms with van der Waals surface area (Å²) in [6.45, 7) is 3.71. The third kappa shape index (κ3) is 8.27. The summed E-state index contributed by atoms with van der Waals surface area (Å²) in [7, 11) is 1.88. The molecule has 1 aliphatic carbocycles. The maximum atomic E-state index is 13.9. The Labute approximate surface area is 285 Å². The van der Waals surface area contributed by atoms with Gasteiger partial charge in [-0.05, 0) is 37.3 Å². The Balaban J connectivity index is 1.15. The predicted molar refractivity (Wildman–Crippen MR) is 186 cm³/mol. The third-order valence-corrected chi connectivity index (χ3v) is 8.98. The van der Waals surface area contributed by atoms with Gasteiger partial charge in [-0.1, -0.05) is 43.7 Å². The zero-order valence-corrected chi connectivity index (χ0v) is 27.9. The highest BCUT2D eigenvalue weighted by molar-refractivity contribution is 6.03. The van der Waals surface area contributed by atoms with E-state index in [1.807, 2.05) is 55.7 Å². The molecule has 1 saturated carbocycles. The number of nitrogens with zero attached hydrogens (tertiary/aromatic N) is 7. The molecule has 1 aromatic carbocycles. The largest absolute Gasteiger partial charge is 0.441 e. The van der Waals surface area contributed by atoms with Crippen molar-refractivity contribution in [2.24, 2.45) is 18.9 Å². The van der Waals surface area contributed by atoms with Gasteiger partial charge >= 0.3 is 6.03 Å². The van der Waals surface area contributed by atoms with E-state index in [1.54, 1.807) is 21.7 Å². The van der Waals surface area contributed by atoms with Gasteiger partial charge in [0.25, 0.3) is 5.82 Å². The lowest BCUT2D eigenvalue weighted by Crippen LogP contribution is -2.32. The maximum Gasteiger partial charge on any atom is 0.441 e. The highest BCUT2D eigenvalue weighted by Crippen LogP contribution is 2.43. The van der Waals surface area contributed by atoms with E-state index in [1.165, 1.54) is 6.20 Å². The van der Waals surface area contributed by atoms with Crippen molar-refractivity contribution in [2.75, 3.05) is 23.7 Å². The highest BCUT2D eigenvalue weighted by Gasteiger charge is 2.50. The lowest BCUT2D eigenvalue weighted by molar-refractivity contribution is -0.337. The van der Waals surface area contributed by atoms with Gasteiger partial charge < -0.3 is 16.0 Å². The van der Waals surface area contributed by atoms with Crippen molar-refractivity contribution in [1.29, 1.82) is 5.26 Å². The molecule has 252 valence electrons. The summed E-state index contributed by atoms with van der Waals surface area (Å²) in [5, 5.41) is 26.3. The van der Waals surface area contributed by atoms with Crippen molar-refractivity contribution in [3.63, 3.8) is 0 Å². The summed E-state index contributed by atoms with van der Waals surface area (Å²) < 4.78 is 3.53. The molecule has 1 saturated heterocycles. The van der Waals surface area contributed by atoms with Crippen LogP contribution in [0.1, 0.15) is 56.6 Å². The number of anilines is 2. The van der Waals surface area contributed by atoms with Crippen molar-refractivity contribution in [2.45, 2.75) is 58.0 Å². The smallest absolute Gasteiger partial charge is 0.367 e. The van der Waals surface area contributed by atoms with Crippen LogP contribution in [0.3, 0.4) is 0 Å². The van der Waals surface area contributed by atoms with Crippen molar-refractivity contribution in [3.05, 3.63) is 78.4 Å². The minimum absolute atomic E-state index is 0.0137. The normalized spacial score (nSPS) is 19.1. The summed E-state index contributed by atoms with van der Waals surface area (Å²) >= 11 is 0. The van der Waals surface area contributed by atoms with Gasteiger partial charge in [-0.15, -0.1) is 4.98 Å². The topological polar surface area (TPSA) is 166 Å². The lowest BCUT2D eigenvalue weighted by Gasteiger charge is -2.13. The minimum Gasteiger partial charge on any atom is -0.367 e. The third-order valence-electron chi connectivity index (χ3n) is 8.98. The first kappa shape index (κ1) is 33.3. The minimum atomic E-state index is -0.189. The summed E-state index contributed by atoms with van der Waals surface area (Å²) in [6.07, 6.45) is 12.0. The number of urea groups is 1. The molecule has 2 fully saturated rings. The van der Waals surface area contributed by atoms with Crippen molar-refractivity contribution in [1.82, 2.24) is 35.4 Å². The maximum absolute atomic E-state index is 13.9. The van der Waals surface area contributed by atoms with E-state index in [0.29, 0.717) is 49.2 Å². The second-order valence-corrected chi connectivity index (χ2v) is 12.5. The van der Waals surface area contributed by atoms with Crippen LogP contribution in [0.4, 0.5) is 22.4 Å². The molecule has 3 amide bonds. The van der Waals surface area contributed by atoms with E-state index in [2.05, 4.69) is 49.3 Å². The van der Waals surface area contributed by atoms with Gasteiger partial charge in [0.2, 0.25) is 11.9 Å². The van der Waals surface area contributed by atoms with E-state index in [4.69, 9.17) is 4.98 Å². The van der Waals surface area contributed by atoms with Crippen LogP contribution in [0, 0.1) is 23.2 Å². The zero-order valence-electron chi connectivity index (χ0n) is 27.9. The Hall–Kier alpha value is -5.64. The van der Waals surface area contributed by atoms with Crippen molar-refractivity contribution >= 4 is 35.2 Å². The quantitative estimate of drug-likeness (QED) is 0.110. The molecule has 4 N–H and O–H groups in total. The molecule has 1 aliphatic heterocycles. The van der Waals surface area contributed by atoms with Crippen LogP contribution in [0.5, 0.6) is 0 Å². The average Bonchev–Trinajstić information content (AvgIpc) is 3.38. The molecule has 0 radical (unpaired) electrons. The number of nitriles is 1. The summed E-state index contributed by atoms with van der Waals surface area (Å²) in [5.74, 6) is 2.04. The van der Waals surface area contributed by atoms with E-state index in [9.17, 15) is 14.9 Å². The second-order valence-electron chi connectivity index (χ2n) is 12.5. The number of benzene rings is 1. The van der Waals surface area contributed by atoms with E-state index in [-0.39, 0.29) is 29.8 Å². The molecule has 13 nitrogen and oxygen atoms in total. The van der Waals surface area contributed by atoms with Gasteiger partial charge in [-0.3, -0.25) is 14.8 Å². The fraction of sp³-hybridized carbons (Fsp3) is 0.389. The van der Waals surface area contributed by atoms with Gasteiger partial charge in [0.15, 0.2) is 0 Å². The molecule has 4 aromatic rings. The van der Waals surface area contributed by atoms with Gasteiger partial charge in [0, 0.05) is 67.8 Å². The Morgan fingerprint density at radius 1 is 1.06 bits per heavy atom. The van der Waals surface area contributed by atoms with Crippen LogP contribution < -0.4 is 21.3 Å². The number of hydrogen-bond donors (Lipinski definition) is 4. The van der Waals surface area contributed by atoms with E-state index < -0.39 is 0 Å². The number of nitrogens with one attached hydrogen (secondary N) is 4. The molecule has 3 aromatic heterocycles. The van der Waals surface area contributed by atoms with E-state index in [0.717, 1.165) is 54.5 Å². The number of amides is 3. The standard InChI is InChI=1S/C36H41N11O2/c1-3-8-29-30(11-7-16-38-35-41-20-26(17-37)34(45-35)40-22-28-13-15-32(48)44-28)33(29)47(36(49)42-18-24-9-5-4-6-10-24)31-14-12-25(19-39-31)27-21-43-46(2)23-27/h4-6,9-10,12,14,19-21,23,28-30H,3,7-8,11,13,15-16,18,22H2,1-2H3,(H3-,38,40,41,42,44,45,48,49)/p+1/b47-33-. The van der Waals surface area contributed by atoms with Crippen molar-refractivity contribution in [3.8, 4) is 17.2 Å². The molecule has 4 heterocycles. The molecule has 0 spiro atoms. The van der Waals surface area contributed by atoms with Gasteiger partial charge in [0.1, 0.15) is 23.6 Å². The van der Waals surface area contributed by atoms with Crippen molar-refractivity contribution < 1.29 is 14.2 Å². The molecule has 6 rings (SSSR count). The molecule has 13 heteroatoms. The molecule has 2 aliphatic rings. The van der Waals surface area contributed by atoms with Crippen LogP contribution in [0.15, 0.2) is 67.3 Å². The van der Waals surface area contributed by atoms with Crippen LogP contribution in [-0.4, -0.2) is 66.1 Å². The summed E-state index contributed by atoms with van der Waals surface area (Å²) in [5.41, 5.74) is 4.37. The Bertz CT molecular complexity index is 1850. The van der Waals surface area contributed by atoms with E-state index >= 15 is 0 Å². The van der Waals surface area contributed by atoms with Crippen LogP contribution in [0.2, 0.25) is 0 Å². The highest BCUT2D eigenvalue weighted by atomic mass is 16.2. The Morgan fingerprint density at radius 3 is 2.59 bits per heavy atom. The number of rotatable bonds is 14. The fourth-order valence-electron chi connectivity index (χ4n) is 6.42. The van der Waals surface area contributed by atoms with Crippen LogP contribution >= 0.6 is 0 Å². The number of hydrogen-bond acceptors (Lipinski definition) is 9. The SMILES string of the molecule is CCCC1/C(=[N+](/C(=O)NCc2ccccc2)c2ccc(-c3cnn(C)c3)cn2)C1CCCNc1ncc(C#N)c(NCC2CCC(=O)N2)n1. The first-order chi connectivity index (χ1) is 23.9.